The lowest BCUT2D eigenvalue weighted by molar-refractivity contribution is 0.246. The Labute approximate surface area is 139 Å². The molecule has 0 bridgehead atoms. The summed E-state index contributed by atoms with van der Waals surface area (Å²) in [6.07, 6.45) is 0.654. The molecule has 23 heavy (non-hydrogen) atoms. The SMILES string of the molecule is O=S1(=O)C(CCCCl)Oc2c(F)cccc2N1c1ccccc1. The number of hydrogen-bond acceptors (Lipinski definition) is 3. The van der Waals surface area contributed by atoms with Gasteiger partial charge in [-0.3, -0.25) is 0 Å². The quantitative estimate of drug-likeness (QED) is 0.778. The smallest absolute Gasteiger partial charge is 0.277 e. The van der Waals surface area contributed by atoms with E-state index in [1.807, 2.05) is 0 Å². The van der Waals surface area contributed by atoms with E-state index in [0.29, 0.717) is 18.0 Å². The van der Waals surface area contributed by atoms with E-state index >= 15 is 0 Å². The molecule has 4 nitrogen and oxygen atoms in total. The first kappa shape index (κ1) is 16.1. The van der Waals surface area contributed by atoms with Gasteiger partial charge in [-0.1, -0.05) is 24.3 Å². The van der Waals surface area contributed by atoms with Crippen molar-refractivity contribution in [2.45, 2.75) is 18.3 Å². The van der Waals surface area contributed by atoms with Crippen molar-refractivity contribution in [2.75, 3.05) is 10.2 Å². The highest BCUT2D eigenvalue weighted by Crippen LogP contribution is 2.44. The van der Waals surface area contributed by atoms with Crippen molar-refractivity contribution < 1.29 is 17.5 Å². The molecule has 0 N–H and O–H groups in total. The van der Waals surface area contributed by atoms with Crippen molar-refractivity contribution in [3.05, 3.63) is 54.3 Å². The van der Waals surface area contributed by atoms with Crippen LogP contribution in [0.4, 0.5) is 15.8 Å². The second-order valence-electron chi connectivity index (χ2n) is 5.11. The molecule has 0 aliphatic carbocycles. The molecule has 1 aliphatic heterocycles. The van der Waals surface area contributed by atoms with Crippen molar-refractivity contribution in [3.63, 3.8) is 0 Å². The topological polar surface area (TPSA) is 46.6 Å². The van der Waals surface area contributed by atoms with E-state index in [9.17, 15) is 12.8 Å². The number of hydrogen-bond donors (Lipinski definition) is 0. The highest BCUT2D eigenvalue weighted by Gasteiger charge is 2.41. The number of halogens is 2. The minimum Gasteiger partial charge on any atom is -0.467 e. The van der Waals surface area contributed by atoms with Crippen LogP contribution < -0.4 is 9.04 Å². The Morgan fingerprint density at radius 2 is 1.87 bits per heavy atom. The summed E-state index contributed by atoms with van der Waals surface area (Å²) < 4.78 is 46.6. The Hall–Kier alpha value is -1.79. The molecule has 0 saturated carbocycles. The average molecular weight is 356 g/mol. The fourth-order valence-corrected chi connectivity index (χ4v) is 4.43. The second-order valence-corrected chi connectivity index (χ2v) is 7.41. The fourth-order valence-electron chi connectivity index (χ4n) is 2.52. The minimum atomic E-state index is -3.83. The number of sulfonamides is 1. The molecule has 0 saturated heterocycles. The first-order valence-corrected chi connectivity index (χ1v) is 9.20. The van der Waals surface area contributed by atoms with Gasteiger partial charge in [0.2, 0.25) is 5.44 Å². The summed E-state index contributed by atoms with van der Waals surface area (Å²) in [6, 6.07) is 12.8. The monoisotopic (exact) mass is 355 g/mol. The third kappa shape index (κ3) is 2.88. The zero-order chi connectivity index (χ0) is 16.4. The molecule has 1 aliphatic rings. The summed E-state index contributed by atoms with van der Waals surface area (Å²) in [5, 5.41) is 0. The molecule has 0 radical (unpaired) electrons. The van der Waals surface area contributed by atoms with E-state index in [1.165, 1.54) is 18.2 Å². The molecule has 0 amide bonds. The molecule has 1 heterocycles. The fraction of sp³-hybridized carbons (Fsp3) is 0.250. The summed E-state index contributed by atoms with van der Waals surface area (Å²) in [6.45, 7) is 0. The van der Waals surface area contributed by atoms with Gasteiger partial charge in [-0.05, 0) is 30.7 Å². The third-order valence-electron chi connectivity index (χ3n) is 3.57. The van der Waals surface area contributed by atoms with Gasteiger partial charge < -0.3 is 4.74 Å². The van der Waals surface area contributed by atoms with Crippen LogP contribution in [0.1, 0.15) is 12.8 Å². The van der Waals surface area contributed by atoms with Gasteiger partial charge in [-0.15, -0.1) is 11.6 Å². The molecule has 122 valence electrons. The molecule has 3 rings (SSSR count). The molecular weight excluding hydrogens is 341 g/mol. The van der Waals surface area contributed by atoms with Crippen molar-refractivity contribution in [1.82, 2.24) is 0 Å². The van der Waals surface area contributed by atoms with Crippen LogP contribution in [0.5, 0.6) is 5.75 Å². The largest absolute Gasteiger partial charge is 0.467 e. The molecule has 0 spiro atoms. The van der Waals surface area contributed by atoms with E-state index < -0.39 is 21.3 Å². The summed E-state index contributed by atoms with van der Waals surface area (Å²) in [5.41, 5.74) is -0.539. The average Bonchev–Trinajstić information content (AvgIpc) is 2.54. The predicted molar refractivity (Wildman–Crippen MR) is 88.3 cm³/mol. The lowest BCUT2D eigenvalue weighted by atomic mass is 10.2. The summed E-state index contributed by atoms with van der Waals surface area (Å²) >= 11 is 5.66. The van der Waals surface area contributed by atoms with Crippen LogP contribution in [0, 0.1) is 5.82 Å². The lowest BCUT2D eigenvalue weighted by Crippen LogP contribution is -2.43. The Morgan fingerprint density at radius 3 is 2.57 bits per heavy atom. The van der Waals surface area contributed by atoms with Gasteiger partial charge in [-0.2, -0.15) is 0 Å². The van der Waals surface area contributed by atoms with E-state index in [0.717, 1.165) is 4.31 Å². The third-order valence-corrected chi connectivity index (χ3v) is 5.75. The molecule has 2 aromatic carbocycles. The molecule has 1 unspecified atom stereocenters. The normalized spacial score (nSPS) is 19.0. The van der Waals surface area contributed by atoms with Crippen LogP contribution >= 0.6 is 11.6 Å². The van der Waals surface area contributed by atoms with Crippen molar-refractivity contribution in [1.29, 1.82) is 0 Å². The van der Waals surface area contributed by atoms with Crippen molar-refractivity contribution >= 4 is 33.0 Å². The number of anilines is 2. The van der Waals surface area contributed by atoms with E-state index in [2.05, 4.69) is 0 Å². The molecule has 1 atom stereocenters. The number of fused-ring (bicyclic) bond motifs is 1. The van der Waals surface area contributed by atoms with Gasteiger partial charge in [-0.25, -0.2) is 17.1 Å². The molecule has 0 aromatic heterocycles. The van der Waals surface area contributed by atoms with Gasteiger partial charge in [0.25, 0.3) is 10.0 Å². The summed E-state index contributed by atoms with van der Waals surface area (Å²) in [7, 11) is -3.83. The van der Waals surface area contributed by atoms with Crippen molar-refractivity contribution in [3.8, 4) is 5.75 Å². The van der Waals surface area contributed by atoms with Gasteiger partial charge in [0.1, 0.15) is 5.69 Å². The summed E-state index contributed by atoms with van der Waals surface area (Å²) in [5.74, 6) is -0.329. The zero-order valence-electron chi connectivity index (χ0n) is 12.2. The Balaban J connectivity index is 2.17. The van der Waals surface area contributed by atoms with Gasteiger partial charge in [0, 0.05) is 12.3 Å². The Kier molecular flexibility index (Phi) is 4.46. The highest BCUT2D eigenvalue weighted by molar-refractivity contribution is 7.93. The first-order chi connectivity index (χ1) is 11.1. The van der Waals surface area contributed by atoms with Crippen LogP contribution in [-0.2, 0) is 10.0 Å². The Morgan fingerprint density at radius 1 is 1.13 bits per heavy atom. The number of alkyl halides is 1. The number of para-hydroxylation sites is 2. The van der Waals surface area contributed by atoms with Gasteiger partial charge in [0.15, 0.2) is 11.6 Å². The summed E-state index contributed by atoms with van der Waals surface area (Å²) in [4.78, 5) is 0. The first-order valence-electron chi connectivity index (χ1n) is 7.16. The second kappa shape index (κ2) is 6.37. The number of rotatable bonds is 4. The number of ether oxygens (including phenoxy) is 1. The molecule has 2 aromatic rings. The number of nitrogens with zero attached hydrogens (tertiary/aromatic N) is 1. The number of benzene rings is 2. The molecule has 0 fully saturated rings. The standard InChI is InChI=1S/C16H15ClFNO3S/c17-11-5-10-15-22-16-13(18)8-4-9-14(16)19(23(15,20)21)12-6-2-1-3-7-12/h1-4,6-9,15H,5,10-11H2. The zero-order valence-corrected chi connectivity index (χ0v) is 13.7. The van der Waals surface area contributed by atoms with Crippen LogP contribution in [0.2, 0.25) is 0 Å². The van der Waals surface area contributed by atoms with Crippen LogP contribution in [0.15, 0.2) is 48.5 Å². The highest BCUT2D eigenvalue weighted by atomic mass is 35.5. The van der Waals surface area contributed by atoms with E-state index in [-0.39, 0.29) is 17.9 Å². The maximum absolute atomic E-state index is 14.1. The molecule has 7 heteroatoms. The molecular formula is C16H15ClFNO3S. The minimum absolute atomic E-state index is 0.0502. The lowest BCUT2D eigenvalue weighted by Gasteiger charge is -2.35. The maximum Gasteiger partial charge on any atom is 0.277 e. The maximum atomic E-state index is 14.1. The van der Waals surface area contributed by atoms with Crippen molar-refractivity contribution in [2.24, 2.45) is 0 Å². The Bertz CT molecular complexity index is 798. The predicted octanol–water partition coefficient (Wildman–Crippen LogP) is 4.03. The van der Waals surface area contributed by atoms with E-state index in [1.54, 1.807) is 30.3 Å². The van der Waals surface area contributed by atoms with Crippen LogP contribution in [0.25, 0.3) is 0 Å². The van der Waals surface area contributed by atoms with Crippen LogP contribution in [0.3, 0.4) is 0 Å². The van der Waals surface area contributed by atoms with Gasteiger partial charge in [0.05, 0.1) is 5.69 Å². The van der Waals surface area contributed by atoms with Gasteiger partial charge >= 0.3 is 0 Å². The van der Waals surface area contributed by atoms with E-state index in [4.69, 9.17) is 16.3 Å². The van der Waals surface area contributed by atoms with Crippen LogP contribution in [-0.4, -0.2) is 19.7 Å².